The van der Waals surface area contributed by atoms with Crippen molar-refractivity contribution in [3.63, 3.8) is 0 Å². The van der Waals surface area contributed by atoms with E-state index in [4.69, 9.17) is 4.55 Å². The fraction of sp³-hybridized carbons (Fsp3) is 0.385. The summed E-state index contributed by atoms with van der Waals surface area (Å²) in [5.41, 5.74) is 0.932. The average molecular weight is 315 g/mol. The van der Waals surface area contributed by atoms with Crippen LogP contribution < -0.4 is 4.90 Å². The number of carboxylic acid groups (broad SMARTS) is 1. The number of carboxylic acids is 1. The maximum absolute atomic E-state index is 12.1. The molecule has 0 aliphatic heterocycles. The Labute approximate surface area is 122 Å². The van der Waals surface area contributed by atoms with Crippen molar-refractivity contribution in [2.24, 2.45) is 0 Å². The van der Waals surface area contributed by atoms with E-state index in [9.17, 15) is 23.1 Å². The normalized spacial score (nSPS) is 12.7. The van der Waals surface area contributed by atoms with E-state index in [1.165, 1.54) is 6.07 Å². The molecule has 116 valence electrons. The number of amides is 1. The SMILES string of the molecule is CCC(=O)N(c1ccccc1C)[C@@H](CS(=O)(=O)O)C(=O)O. The summed E-state index contributed by atoms with van der Waals surface area (Å²) >= 11 is 0. The van der Waals surface area contributed by atoms with Crippen molar-refractivity contribution in [2.75, 3.05) is 10.7 Å². The van der Waals surface area contributed by atoms with Crippen LogP contribution in [0.5, 0.6) is 0 Å². The quantitative estimate of drug-likeness (QED) is 0.760. The number of hydrogen-bond donors (Lipinski definition) is 2. The molecule has 0 bridgehead atoms. The highest BCUT2D eigenvalue weighted by Gasteiger charge is 2.34. The Bertz CT molecular complexity index is 640. The van der Waals surface area contributed by atoms with Crippen LogP contribution in [0.1, 0.15) is 18.9 Å². The molecule has 1 aromatic carbocycles. The summed E-state index contributed by atoms with van der Waals surface area (Å²) in [4.78, 5) is 24.3. The smallest absolute Gasteiger partial charge is 0.327 e. The third-order valence-electron chi connectivity index (χ3n) is 2.91. The van der Waals surface area contributed by atoms with E-state index < -0.39 is 33.8 Å². The molecule has 1 atom stereocenters. The van der Waals surface area contributed by atoms with Crippen LogP contribution in [0.3, 0.4) is 0 Å². The molecule has 0 aromatic heterocycles. The van der Waals surface area contributed by atoms with Gasteiger partial charge in [-0.15, -0.1) is 0 Å². The summed E-state index contributed by atoms with van der Waals surface area (Å²) in [6, 6.07) is 4.85. The van der Waals surface area contributed by atoms with Gasteiger partial charge >= 0.3 is 5.97 Å². The van der Waals surface area contributed by atoms with Crippen molar-refractivity contribution in [1.29, 1.82) is 0 Å². The first kappa shape index (κ1) is 17.1. The monoisotopic (exact) mass is 315 g/mol. The number of rotatable bonds is 6. The van der Waals surface area contributed by atoms with Gasteiger partial charge in [-0.3, -0.25) is 14.2 Å². The van der Waals surface area contributed by atoms with Crippen LogP contribution in [0.25, 0.3) is 0 Å². The molecule has 21 heavy (non-hydrogen) atoms. The molecule has 7 nitrogen and oxygen atoms in total. The summed E-state index contributed by atoms with van der Waals surface area (Å²) in [6.45, 7) is 3.22. The number of carbonyl (C=O) groups is 2. The van der Waals surface area contributed by atoms with Gasteiger partial charge in [0.1, 0.15) is 5.75 Å². The Morgan fingerprint density at radius 1 is 1.29 bits per heavy atom. The highest BCUT2D eigenvalue weighted by atomic mass is 32.2. The van der Waals surface area contributed by atoms with Gasteiger partial charge in [-0.05, 0) is 18.6 Å². The van der Waals surface area contributed by atoms with E-state index >= 15 is 0 Å². The van der Waals surface area contributed by atoms with E-state index in [1.807, 2.05) is 0 Å². The van der Waals surface area contributed by atoms with Crippen molar-refractivity contribution in [1.82, 2.24) is 0 Å². The zero-order chi connectivity index (χ0) is 16.2. The van der Waals surface area contributed by atoms with Crippen LogP contribution in [-0.2, 0) is 19.7 Å². The Balaban J connectivity index is 3.38. The topological polar surface area (TPSA) is 112 Å². The number of carbonyl (C=O) groups excluding carboxylic acids is 1. The molecular formula is C13H17NO6S. The van der Waals surface area contributed by atoms with Gasteiger partial charge in [-0.2, -0.15) is 8.42 Å². The highest BCUT2D eigenvalue weighted by Crippen LogP contribution is 2.23. The largest absolute Gasteiger partial charge is 0.480 e. The first-order chi connectivity index (χ1) is 9.67. The number of nitrogens with zero attached hydrogens (tertiary/aromatic N) is 1. The van der Waals surface area contributed by atoms with Gasteiger partial charge in [0.05, 0.1) is 0 Å². The lowest BCUT2D eigenvalue weighted by Gasteiger charge is -2.29. The lowest BCUT2D eigenvalue weighted by Crippen LogP contribution is -2.49. The van der Waals surface area contributed by atoms with Gasteiger partial charge in [0.25, 0.3) is 10.1 Å². The van der Waals surface area contributed by atoms with Crippen molar-refractivity contribution in [3.05, 3.63) is 29.8 Å². The maximum atomic E-state index is 12.1. The summed E-state index contributed by atoms with van der Waals surface area (Å²) in [5, 5.41) is 9.23. The number of aryl methyl sites for hydroxylation is 1. The minimum atomic E-state index is -4.55. The molecule has 0 aliphatic rings. The molecule has 8 heteroatoms. The summed E-state index contributed by atoms with van der Waals surface area (Å²) in [6.07, 6.45) is 0.00356. The van der Waals surface area contributed by atoms with Crippen LogP contribution in [0.2, 0.25) is 0 Å². The number of anilines is 1. The molecule has 1 aromatic rings. The maximum Gasteiger partial charge on any atom is 0.327 e. The van der Waals surface area contributed by atoms with Crippen molar-refractivity contribution in [3.8, 4) is 0 Å². The van der Waals surface area contributed by atoms with Gasteiger partial charge < -0.3 is 5.11 Å². The van der Waals surface area contributed by atoms with Gasteiger partial charge in [0.15, 0.2) is 6.04 Å². The molecule has 0 saturated carbocycles. The number of aliphatic carboxylic acids is 1. The van der Waals surface area contributed by atoms with E-state index in [0.29, 0.717) is 11.3 Å². The van der Waals surface area contributed by atoms with Gasteiger partial charge in [0.2, 0.25) is 5.91 Å². The van der Waals surface area contributed by atoms with E-state index in [1.54, 1.807) is 32.0 Å². The standard InChI is InChI=1S/C13H17NO6S/c1-3-12(15)14(10-7-5-4-6-9(10)2)11(13(16)17)8-21(18,19)20/h4-7,11H,3,8H2,1-2H3,(H,16,17)(H,18,19,20)/t11-/m0/s1. The fourth-order valence-electron chi connectivity index (χ4n) is 1.94. The lowest BCUT2D eigenvalue weighted by atomic mass is 10.1. The van der Waals surface area contributed by atoms with Crippen molar-refractivity contribution in [2.45, 2.75) is 26.3 Å². The molecule has 0 aliphatic carbocycles. The number of benzene rings is 1. The molecule has 2 N–H and O–H groups in total. The molecule has 0 fully saturated rings. The molecule has 1 rings (SSSR count). The fourth-order valence-corrected chi connectivity index (χ4v) is 2.63. The first-order valence-corrected chi connectivity index (χ1v) is 7.84. The van der Waals surface area contributed by atoms with E-state index in [0.717, 1.165) is 4.90 Å². The second kappa shape index (κ2) is 6.68. The zero-order valence-electron chi connectivity index (χ0n) is 11.7. The Morgan fingerprint density at radius 2 is 1.86 bits per heavy atom. The molecular weight excluding hydrogens is 298 g/mol. The minimum Gasteiger partial charge on any atom is -0.480 e. The number of para-hydroxylation sites is 1. The first-order valence-electron chi connectivity index (χ1n) is 6.23. The van der Waals surface area contributed by atoms with Gasteiger partial charge in [-0.25, -0.2) is 4.79 Å². The van der Waals surface area contributed by atoms with Gasteiger partial charge in [0, 0.05) is 12.1 Å². The Morgan fingerprint density at radius 3 is 2.29 bits per heavy atom. The Hall–Kier alpha value is -1.93. The second-order valence-electron chi connectivity index (χ2n) is 4.51. The van der Waals surface area contributed by atoms with Crippen molar-refractivity contribution < 1.29 is 27.7 Å². The van der Waals surface area contributed by atoms with Gasteiger partial charge in [-0.1, -0.05) is 25.1 Å². The molecule has 1 amide bonds. The van der Waals surface area contributed by atoms with Crippen LogP contribution in [0.15, 0.2) is 24.3 Å². The van der Waals surface area contributed by atoms with Crippen LogP contribution >= 0.6 is 0 Å². The summed E-state index contributed by atoms with van der Waals surface area (Å²) in [5.74, 6) is -3.11. The minimum absolute atomic E-state index is 0.00356. The van der Waals surface area contributed by atoms with Crippen molar-refractivity contribution >= 4 is 27.7 Å². The van der Waals surface area contributed by atoms with Crippen LogP contribution in [0, 0.1) is 6.92 Å². The summed E-state index contributed by atoms with van der Waals surface area (Å²) in [7, 11) is -4.55. The summed E-state index contributed by atoms with van der Waals surface area (Å²) < 4.78 is 31.0. The number of hydrogen-bond acceptors (Lipinski definition) is 4. The second-order valence-corrected chi connectivity index (χ2v) is 6.00. The molecule has 0 unspecified atom stereocenters. The zero-order valence-corrected chi connectivity index (χ0v) is 12.5. The molecule has 0 radical (unpaired) electrons. The average Bonchev–Trinajstić information content (AvgIpc) is 2.38. The van der Waals surface area contributed by atoms with Crippen LogP contribution in [-0.4, -0.2) is 41.7 Å². The van der Waals surface area contributed by atoms with Crippen LogP contribution in [0.4, 0.5) is 5.69 Å². The molecule has 0 saturated heterocycles. The van der Waals surface area contributed by atoms with E-state index in [2.05, 4.69) is 0 Å². The highest BCUT2D eigenvalue weighted by molar-refractivity contribution is 7.85. The Kier molecular flexibility index (Phi) is 5.45. The molecule has 0 spiro atoms. The third kappa shape index (κ3) is 4.54. The molecule has 0 heterocycles. The predicted octanol–water partition coefficient (Wildman–Crippen LogP) is 1.08. The third-order valence-corrected chi connectivity index (χ3v) is 3.65. The lowest BCUT2D eigenvalue weighted by molar-refractivity contribution is -0.139. The predicted molar refractivity (Wildman–Crippen MR) is 76.8 cm³/mol. The van der Waals surface area contributed by atoms with E-state index in [-0.39, 0.29) is 6.42 Å².